The molecule has 0 bridgehead atoms. The zero-order valence-corrected chi connectivity index (χ0v) is 8.84. The van der Waals surface area contributed by atoms with E-state index >= 15 is 0 Å². The maximum atomic E-state index is 11.5. The number of benzene rings is 1. The number of sulfone groups is 1. The van der Waals surface area contributed by atoms with Crippen molar-refractivity contribution in [2.75, 3.05) is 6.26 Å². The molecular formula is C10H13NO2S. The summed E-state index contributed by atoms with van der Waals surface area (Å²) < 4.78 is 22.9. The van der Waals surface area contributed by atoms with Crippen LogP contribution in [0.15, 0.2) is 23.1 Å². The first-order valence-corrected chi connectivity index (χ1v) is 6.46. The summed E-state index contributed by atoms with van der Waals surface area (Å²) in [6.07, 6.45) is 2.87. The van der Waals surface area contributed by atoms with Gasteiger partial charge in [0.25, 0.3) is 0 Å². The highest BCUT2D eigenvalue weighted by molar-refractivity contribution is 7.90. The fourth-order valence-electron chi connectivity index (χ4n) is 2.00. The van der Waals surface area contributed by atoms with Crippen molar-refractivity contribution in [1.82, 2.24) is 0 Å². The third-order valence-electron chi connectivity index (χ3n) is 2.67. The van der Waals surface area contributed by atoms with E-state index in [1.54, 1.807) is 12.1 Å². The van der Waals surface area contributed by atoms with Crippen LogP contribution >= 0.6 is 0 Å². The Labute approximate surface area is 83.9 Å². The second-order valence-electron chi connectivity index (χ2n) is 3.74. The third-order valence-corrected chi connectivity index (χ3v) is 3.85. The van der Waals surface area contributed by atoms with Gasteiger partial charge in [-0.15, -0.1) is 0 Å². The zero-order chi connectivity index (χ0) is 10.3. The lowest BCUT2D eigenvalue weighted by Gasteiger charge is -2.07. The summed E-state index contributed by atoms with van der Waals surface area (Å²) in [7, 11) is -3.11. The van der Waals surface area contributed by atoms with Gasteiger partial charge in [0.15, 0.2) is 9.84 Å². The molecule has 1 aromatic rings. The highest BCUT2D eigenvalue weighted by Gasteiger charge is 2.24. The summed E-state index contributed by atoms with van der Waals surface area (Å²) in [4.78, 5) is 0.447. The lowest BCUT2D eigenvalue weighted by Crippen LogP contribution is -2.06. The molecular weight excluding hydrogens is 198 g/mol. The van der Waals surface area contributed by atoms with E-state index < -0.39 is 9.84 Å². The zero-order valence-electron chi connectivity index (χ0n) is 8.03. The van der Waals surface area contributed by atoms with Crippen LogP contribution in [0, 0.1) is 0 Å². The maximum absolute atomic E-state index is 11.5. The van der Waals surface area contributed by atoms with Crippen molar-refractivity contribution in [3.8, 4) is 0 Å². The van der Waals surface area contributed by atoms with Crippen molar-refractivity contribution in [2.45, 2.75) is 23.8 Å². The maximum Gasteiger partial charge on any atom is 0.175 e. The molecule has 0 radical (unpaired) electrons. The first-order valence-electron chi connectivity index (χ1n) is 4.57. The van der Waals surface area contributed by atoms with Crippen molar-refractivity contribution in [3.63, 3.8) is 0 Å². The third kappa shape index (κ3) is 1.44. The first kappa shape index (κ1) is 9.68. The van der Waals surface area contributed by atoms with E-state index in [-0.39, 0.29) is 6.04 Å². The summed E-state index contributed by atoms with van der Waals surface area (Å²) >= 11 is 0. The Morgan fingerprint density at radius 1 is 1.43 bits per heavy atom. The number of rotatable bonds is 1. The van der Waals surface area contributed by atoms with E-state index in [9.17, 15) is 8.42 Å². The van der Waals surface area contributed by atoms with Gasteiger partial charge in [0, 0.05) is 12.3 Å². The Morgan fingerprint density at radius 2 is 2.14 bits per heavy atom. The van der Waals surface area contributed by atoms with Gasteiger partial charge in [-0.25, -0.2) is 8.42 Å². The average molecular weight is 211 g/mol. The topological polar surface area (TPSA) is 60.2 Å². The molecule has 0 spiro atoms. The molecule has 1 aliphatic rings. The molecule has 0 saturated carbocycles. The molecule has 1 aromatic carbocycles. The lowest BCUT2D eigenvalue weighted by atomic mass is 10.1. The van der Waals surface area contributed by atoms with Gasteiger partial charge in [-0.3, -0.25) is 0 Å². The second kappa shape index (κ2) is 3.07. The van der Waals surface area contributed by atoms with Crippen molar-refractivity contribution >= 4 is 9.84 Å². The molecule has 14 heavy (non-hydrogen) atoms. The Kier molecular flexibility index (Phi) is 2.12. The molecule has 2 N–H and O–H groups in total. The van der Waals surface area contributed by atoms with Gasteiger partial charge in [-0.2, -0.15) is 0 Å². The predicted octanol–water partition coefficient (Wildman–Crippen LogP) is 1.04. The number of hydrogen-bond acceptors (Lipinski definition) is 3. The van der Waals surface area contributed by atoms with E-state index in [0.29, 0.717) is 4.90 Å². The smallest absolute Gasteiger partial charge is 0.175 e. The van der Waals surface area contributed by atoms with E-state index in [0.717, 1.165) is 24.0 Å². The van der Waals surface area contributed by atoms with Crippen molar-refractivity contribution in [3.05, 3.63) is 29.3 Å². The van der Waals surface area contributed by atoms with Gasteiger partial charge >= 0.3 is 0 Å². The van der Waals surface area contributed by atoms with Crippen LogP contribution in [0.5, 0.6) is 0 Å². The summed E-state index contributed by atoms with van der Waals surface area (Å²) in [6.45, 7) is 0. The molecule has 1 aliphatic carbocycles. The van der Waals surface area contributed by atoms with E-state index in [2.05, 4.69) is 0 Å². The molecule has 0 unspecified atom stereocenters. The quantitative estimate of drug-likeness (QED) is 0.755. The van der Waals surface area contributed by atoms with Crippen LogP contribution in [-0.4, -0.2) is 14.7 Å². The van der Waals surface area contributed by atoms with E-state index in [4.69, 9.17) is 5.73 Å². The Bertz CT molecular complexity index is 465. The van der Waals surface area contributed by atoms with Gasteiger partial charge in [-0.05, 0) is 30.0 Å². The molecule has 0 aliphatic heterocycles. The van der Waals surface area contributed by atoms with Crippen molar-refractivity contribution in [2.24, 2.45) is 5.73 Å². The molecule has 0 aromatic heterocycles. The van der Waals surface area contributed by atoms with Crippen LogP contribution in [0.4, 0.5) is 0 Å². The van der Waals surface area contributed by atoms with Gasteiger partial charge in [0.05, 0.1) is 4.90 Å². The highest BCUT2D eigenvalue weighted by atomic mass is 32.2. The predicted molar refractivity (Wildman–Crippen MR) is 54.8 cm³/mol. The van der Waals surface area contributed by atoms with Crippen LogP contribution in [0.25, 0.3) is 0 Å². The van der Waals surface area contributed by atoms with Gasteiger partial charge < -0.3 is 5.73 Å². The molecule has 3 nitrogen and oxygen atoms in total. The fraction of sp³-hybridized carbons (Fsp3) is 0.400. The summed E-state index contributed by atoms with van der Waals surface area (Å²) in [5, 5.41) is 0. The fourth-order valence-corrected chi connectivity index (χ4v) is 2.99. The van der Waals surface area contributed by atoms with Gasteiger partial charge in [0.2, 0.25) is 0 Å². The first-order chi connectivity index (χ1) is 6.50. The molecule has 1 atom stereocenters. The second-order valence-corrected chi connectivity index (χ2v) is 5.73. The lowest BCUT2D eigenvalue weighted by molar-refractivity contribution is 0.601. The Hall–Kier alpha value is -0.870. The van der Waals surface area contributed by atoms with Gasteiger partial charge in [-0.1, -0.05) is 12.1 Å². The number of hydrogen-bond donors (Lipinski definition) is 1. The summed E-state index contributed by atoms with van der Waals surface area (Å²) in [5.41, 5.74) is 7.78. The van der Waals surface area contributed by atoms with Gasteiger partial charge in [0.1, 0.15) is 0 Å². The van der Waals surface area contributed by atoms with Crippen LogP contribution in [0.2, 0.25) is 0 Å². The molecule has 0 saturated heterocycles. The highest BCUT2D eigenvalue weighted by Crippen LogP contribution is 2.33. The van der Waals surface area contributed by atoms with Crippen molar-refractivity contribution in [1.29, 1.82) is 0 Å². The molecule has 0 heterocycles. The van der Waals surface area contributed by atoms with Crippen LogP contribution in [0.1, 0.15) is 23.6 Å². The molecule has 0 amide bonds. The average Bonchev–Trinajstić information content (AvgIpc) is 2.46. The molecule has 4 heteroatoms. The summed E-state index contributed by atoms with van der Waals surface area (Å²) in [5.74, 6) is 0. The Balaban J connectivity index is 2.67. The van der Waals surface area contributed by atoms with Crippen molar-refractivity contribution < 1.29 is 8.42 Å². The standard InChI is InChI=1S/C10H13NO2S/c1-14(12,13)10-4-2-3-7-8(10)5-6-9(7)11/h2-4,9H,5-6,11H2,1H3/t9-/m0/s1. The SMILES string of the molecule is CS(=O)(=O)c1cccc2c1CC[C@@H]2N. The molecule has 0 fully saturated rings. The monoisotopic (exact) mass is 211 g/mol. The molecule has 76 valence electrons. The minimum absolute atomic E-state index is 0.00620. The van der Waals surface area contributed by atoms with Crippen LogP contribution in [-0.2, 0) is 16.3 Å². The Morgan fingerprint density at radius 3 is 2.79 bits per heavy atom. The van der Waals surface area contributed by atoms with Crippen LogP contribution in [0.3, 0.4) is 0 Å². The summed E-state index contributed by atoms with van der Waals surface area (Å²) in [6, 6.07) is 5.35. The number of nitrogens with two attached hydrogens (primary N) is 1. The van der Waals surface area contributed by atoms with Crippen LogP contribution < -0.4 is 5.73 Å². The normalized spacial score (nSPS) is 20.9. The largest absolute Gasteiger partial charge is 0.324 e. The minimum atomic E-state index is -3.11. The minimum Gasteiger partial charge on any atom is -0.324 e. The van der Waals surface area contributed by atoms with E-state index in [1.165, 1.54) is 6.26 Å². The molecule has 2 rings (SSSR count). The van der Waals surface area contributed by atoms with E-state index in [1.807, 2.05) is 6.07 Å². The number of fused-ring (bicyclic) bond motifs is 1.